The van der Waals surface area contributed by atoms with Crippen LogP contribution in [0.4, 0.5) is 5.69 Å². The average molecular weight is 260 g/mol. The molecule has 1 unspecified atom stereocenters. The van der Waals surface area contributed by atoms with Gasteiger partial charge in [-0.3, -0.25) is 0 Å². The van der Waals surface area contributed by atoms with E-state index in [2.05, 4.69) is 39.3 Å². The molecule has 0 amide bonds. The largest absolute Gasteiger partial charge is 0.383 e. The smallest absolute Gasteiger partial charge is 0.138 e. The van der Waals surface area contributed by atoms with E-state index in [0.717, 1.165) is 23.8 Å². The highest BCUT2D eigenvalue weighted by molar-refractivity contribution is 7.99. The summed E-state index contributed by atoms with van der Waals surface area (Å²) < 4.78 is 1.80. The number of hydrogen-bond acceptors (Lipinski definition) is 4. The van der Waals surface area contributed by atoms with Crippen LogP contribution in [0.25, 0.3) is 5.69 Å². The molecular formula is C13H16N4S. The van der Waals surface area contributed by atoms with Gasteiger partial charge in [-0.15, -0.1) is 0 Å². The summed E-state index contributed by atoms with van der Waals surface area (Å²) in [4.78, 5) is 4.00. The zero-order valence-electron chi connectivity index (χ0n) is 10.1. The van der Waals surface area contributed by atoms with Gasteiger partial charge in [0.25, 0.3) is 0 Å². The number of anilines is 1. The summed E-state index contributed by atoms with van der Waals surface area (Å²) in [5.41, 5.74) is 2.18. The Morgan fingerprint density at radius 2 is 2.33 bits per heavy atom. The highest BCUT2D eigenvalue weighted by atomic mass is 32.2. The van der Waals surface area contributed by atoms with Crippen molar-refractivity contribution in [3.63, 3.8) is 0 Å². The molecule has 0 aliphatic carbocycles. The van der Waals surface area contributed by atoms with E-state index >= 15 is 0 Å². The van der Waals surface area contributed by atoms with Gasteiger partial charge in [0.2, 0.25) is 0 Å². The molecule has 0 bridgehead atoms. The number of benzene rings is 1. The molecular weight excluding hydrogens is 244 g/mol. The predicted molar refractivity (Wildman–Crippen MR) is 75.3 cm³/mol. The zero-order chi connectivity index (χ0) is 12.2. The summed E-state index contributed by atoms with van der Waals surface area (Å²) in [6.07, 6.45) is 4.61. The molecule has 1 fully saturated rings. The lowest BCUT2D eigenvalue weighted by Crippen LogP contribution is -2.14. The van der Waals surface area contributed by atoms with Crippen molar-refractivity contribution in [1.29, 1.82) is 0 Å². The zero-order valence-corrected chi connectivity index (χ0v) is 10.9. The van der Waals surface area contributed by atoms with Gasteiger partial charge in [-0.05, 0) is 36.0 Å². The molecule has 1 aliphatic heterocycles. The fraction of sp³-hybridized carbons (Fsp3) is 0.385. The fourth-order valence-corrected chi connectivity index (χ4v) is 3.44. The summed E-state index contributed by atoms with van der Waals surface area (Å²) in [5, 5.41) is 7.73. The Morgan fingerprint density at radius 3 is 3.11 bits per heavy atom. The van der Waals surface area contributed by atoms with Crippen molar-refractivity contribution < 1.29 is 0 Å². The van der Waals surface area contributed by atoms with Gasteiger partial charge in [0, 0.05) is 6.54 Å². The third kappa shape index (κ3) is 2.51. The number of hydrogen-bond donors (Lipinski definition) is 1. The molecule has 1 N–H and O–H groups in total. The molecule has 5 heteroatoms. The van der Waals surface area contributed by atoms with Gasteiger partial charge < -0.3 is 5.32 Å². The van der Waals surface area contributed by atoms with Crippen LogP contribution in [0.3, 0.4) is 0 Å². The van der Waals surface area contributed by atoms with Gasteiger partial charge >= 0.3 is 0 Å². The minimum atomic E-state index is 0.791. The first-order valence-corrected chi connectivity index (χ1v) is 7.34. The maximum absolute atomic E-state index is 4.19. The standard InChI is InChI=1S/C13H16N4S/c1-2-4-13(17-10-14-9-16-17)12(3-1)15-7-11-5-6-18-8-11/h1-4,9-11,15H,5-8H2. The second-order valence-corrected chi connectivity index (χ2v) is 5.62. The number of thioether (sulfide) groups is 1. The molecule has 3 rings (SSSR count). The molecule has 4 nitrogen and oxygen atoms in total. The molecule has 1 saturated heterocycles. The molecule has 2 aromatic rings. The number of nitrogens with one attached hydrogen (secondary N) is 1. The van der Waals surface area contributed by atoms with Crippen LogP contribution in [-0.2, 0) is 0 Å². The van der Waals surface area contributed by atoms with E-state index in [9.17, 15) is 0 Å². The van der Waals surface area contributed by atoms with Gasteiger partial charge in [-0.25, -0.2) is 9.67 Å². The van der Waals surface area contributed by atoms with Crippen LogP contribution in [0.2, 0.25) is 0 Å². The van der Waals surface area contributed by atoms with Crippen LogP contribution in [0.1, 0.15) is 6.42 Å². The minimum absolute atomic E-state index is 0.791. The third-order valence-electron chi connectivity index (χ3n) is 3.17. The second-order valence-electron chi connectivity index (χ2n) is 4.47. The molecule has 0 radical (unpaired) electrons. The van der Waals surface area contributed by atoms with Crippen LogP contribution in [0, 0.1) is 5.92 Å². The van der Waals surface area contributed by atoms with Crippen LogP contribution in [-0.4, -0.2) is 32.8 Å². The molecule has 1 aliphatic rings. The minimum Gasteiger partial charge on any atom is -0.383 e. The summed E-state index contributed by atoms with van der Waals surface area (Å²) >= 11 is 2.05. The molecule has 18 heavy (non-hydrogen) atoms. The molecule has 1 aromatic heterocycles. The number of rotatable bonds is 4. The maximum Gasteiger partial charge on any atom is 0.138 e. The Hall–Kier alpha value is -1.49. The normalized spacial score (nSPS) is 19.0. The quantitative estimate of drug-likeness (QED) is 0.917. The Morgan fingerprint density at radius 1 is 1.39 bits per heavy atom. The van der Waals surface area contributed by atoms with Crippen molar-refractivity contribution in [1.82, 2.24) is 14.8 Å². The van der Waals surface area contributed by atoms with Gasteiger partial charge in [-0.2, -0.15) is 16.9 Å². The van der Waals surface area contributed by atoms with Gasteiger partial charge in [-0.1, -0.05) is 12.1 Å². The molecule has 1 atom stereocenters. The van der Waals surface area contributed by atoms with Crippen molar-refractivity contribution in [2.24, 2.45) is 5.92 Å². The topological polar surface area (TPSA) is 42.7 Å². The van der Waals surface area contributed by atoms with Crippen LogP contribution >= 0.6 is 11.8 Å². The Labute approximate surface area is 111 Å². The van der Waals surface area contributed by atoms with Crippen LogP contribution in [0.5, 0.6) is 0 Å². The Kier molecular flexibility index (Phi) is 3.50. The number of nitrogens with zero attached hydrogens (tertiary/aromatic N) is 3. The lowest BCUT2D eigenvalue weighted by atomic mass is 10.1. The van der Waals surface area contributed by atoms with Gasteiger partial charge in [0.05, 0.1) is 11.4 Å². The summed E-state index contributed by atoms with van der Waals surface area (Å²) in [6.45, 7) is 1.04. The van der Waals surface area contributed by atoms with E-state index in [-0.39, 0.29) is 0 Å². The van der Waals surface area contributed by atoms with Gasteiger partial charge in [0.1, 0.15) is 12.7 Å². The first-order chi connectivity index (χ1) is 8.93. The van der Waals surface area contributed by atoms with Gasteiger partial charge in [0.15, 0.2) is 0 Å². The number of aromatic nitrogens is 3. The first kappa shape index (κ1) is 11.6. The summed E-state index contributed by atoms with van der Waals surface area (Å²) in [5.74, 6) is 3.37. The number of para-hydroxylation sites is 2. The SMILES string of the molecule is c1ccc(-n2cncn2)c(NCC2CCSC2)c1. The average Bonchev–Trinajstić information content (AvgIpc) is 3.10. The van der Waals surface area contributed by atoms with Crippen molar-refractivity contribution in [2.75, 3.05) is 23.4 Å². The van der Waals surface area contributed by atoms with Crippen molar-refractivity contribution in [3.05, 3.63) is 36.9 Å². The third-order valence-corrected chi connectivity index (χ3v) is 4.41. The van der Waals surface area contributed by atoms with E-state index in [0.29, 0.717) is 0 Å². The lowest BCUT2D eigenvalue weighted by molar-refractivity contribution is 0.631. The van der Waals surface area contributed by atoms with Crippen LogP contribution < -0.4 is 5.32 Å². The summed E-state index contributed by atoms with van der Waals surface area (Å²) in [6, 6.07) is 8.22. The Bertz CT molecular complexity index is 491. The van der Waals surface area contributed by atoms with E-state index in [1.54, 1.807) is 17.3 Å². The lowest BCUT2D eigenvalue weighted by Gasteiger charge is -2.14. The van der Waals surface area contributed by atoms with Crippen LogP contribution in [0.15, 0.2) is 36.9 Å². The van der Waals surface area contributed by atoms with Crippen molar-refractivity contribution in [3.8, 4) is 5.69 Å². The molecule has 0 spiro atoms. The molecule has 1 aromatic carbocycles. The van der Waals surface area contributed by atoms with Crippen molar-refractivity contribution >= 4 is 17.4 Å². The summed E-state index contributed by atoms with van der Waals surface area (Å²) in [7, 11) is 0. The van der Waals surface area contributed by atoms with E-state index in [1.165, 1.54) is 17.9 Å². The molecule has 2 heterocycles. The van der Waals surface area contributed by atoms with E-state index in [4.69, 9.17) is 0 Å². The first-order valence-electron chi connectivity index (χ1n) is 6.19. The molecule has 0 saturated carbocycles. The maximum atomic E-state index is 4.19. The fourth-order valence-electron chi connectivity index (χ4n) is 2.15. The van der Waals surface area contributed by atoms with Crippen molar-refractivity contribution in [2.45, 2.75) is 6.42 Å². The predicted octanol–water partition coefficient (Wildman–Crippen LogP) is 2.43. The van der Waals surface area contributed by atoms with E-state index < -0.39 is 0 Å². The highest BCUT2D eigenvalue weighted by Gasteiger charge is 2.15. The highest BCUT2D eigenvalue weighted by Crippen LogP contribution is 2.25. The van der Waals surface area contributed by atoms with E-state index in [1.807, 2.05) is 12.1 Å². The monoisotopic (exact) mass is 260 g/mol. The molecule has 94 valence electrons. The second kappa shape index (κ2) is 5.44. The Balaban J connectivity index is 1.75.